The van der Waals surface area contributed by atoms with E-state index in [4.69, 9.17) is 5.73 Å². The number of hydrogen-bond acceptors (Lipinski definition) is 2. The molecule has 0 aromatic carbocycles. The molecule has 0 radical (unpaired) electrons. The normalized spacial score (nSPS) is 11.4. The van der Waals surface area contributed by atoms with Crippen LogP contribution in [0.4, 0.5) is 0 Å². The van der Waals surface area contributed by atoms with E-state index >= 15 is 0 Å². The van der Waals surface area contributed by atoms with Crippen LogP contribution in [0.3, 0.4) is 0 Å². The monoisotopic (exact) mass is 230 g/mol. The summed E-state index contributed by atoms with van der Waals surface area (Å²) in [7, 11) is 4.05. The fraction of sp³-hybridized carbons (Fsp3) is 0.875. The number of hydrogen-bond donors (Lipinski definition) is 1. The van der Waals surface area contributed by atoms with Gasteiger partial charge < -0.3 is 10.6 Å². The maximum atomic E-state index is 10.6. The van der Waals surface area contributed by atoms with Crippen molar-refractivity contribution in [2.75, 3.05) is 20.6 Å². The number of halogens is 2. The van der Waals surface area contributed by atoms with Gasteiger partial charge in [0.2, 0.25) is 5.91 Å². The zero-order valence-electron chi connectivity index (χ0n) is 8.45. The number of primary amides is 1. The van der Waals surface area contributed by atoms with Gasteiger partial charge in [0.15, 0.2) is 0 Å². The Kier molecular flexibility index (Phi) is 14.5. The second-order valence-electron chi connectivity index (χ2n) is 3.25. The molecule has 0 saturated carbocycles. The molecule has 0 fully saturated rings. The average molecular weight is 231 g/mol. The van der Waals surface area contributed by atoms with E-state index in [1.54, 1.807) is 0 Å². The summed E-state index contributed by atoms with van der Waals surface area (Å²) in [6.07, 6.45) is 1.94. The van der Waals surface area contributed by atoms with Gasteiger partial charge in [0.05, 0.1) is 0 Å². The first-order valence-electron chi connectivity index (χ1n) is 3.98. The molecule has 2 N–H and O–H groups in total. The summed E-state index contributed by atoms with van der Waals surface area (Å²) in [5.74, 6) is -0.168. The van der Waals surface area contributed by atoms with Crippen LogP contribution < -0.4 is 5.73 Å². The molecule has 0 spiro atoms. The first-order valence-corrected chi connectivity index (χ1v) is 3.98. The quantitative estimate of drug-likeness (QED) is 0.775. The Morgan fingerprint density at radius 1 is 1.38 bits per heavy atom. The Morgan fingerprint density at radius 3 is 2.15 bits per heavy atom. The third-order valence-corrected chi connectivity index (χ3v) is 1.73. The summed E-state index contributed by atoms with van der Waals surface area (Å²) in [4.78, 5) is 12.7. The Labute approximate surface area is 92.9 Å². The molecular formula is C8H20Cl2N2O. The molecule has 0 heterocycles. The summed E-state index contributed by atoms with van der Waals surface area (Å²) in [5, 5.41) is 0. The Balaban J connectivity index is -0.000000500. The highest BCUT2D eigenvalue weighted by Gasteiger charge is 2.07. The van der Waals surface area contributed by atoms with E-state index in [-0.39, 0.29) is 36.6 Å². The predicted molar refractivity (Wildman–Crippen MR) is 60.6 cm³/mol. The molecule has 1 unspecified atom stereocenters. The van der Waals surface area contributed by atoms with Gasteiger partial charge in [-0.2, -0.15) is 0 Å². The van der Waals surface area contributed by atoms with Crippen LogP contribution in [0.2, 0.25) is 0 Å². The summed E-state index contributed by atoms with van der Waals surface area (Å²) < 4.78 is 0. The number of nitrogens with zero attached hydrogens (tertiary/aromatic N) is 1. The average Bonchev–Trinajstić information content (AvgIpc) is 1.86. The molecule has 0 aromatic heterocycles. The number of nitrogens with two attached hydrogens (primary N) is 1. The van der Waals surface area contributed by atoms with E-state index in [0.717, 1.165) is 19.4 Å². The molecule has 5 heteroatoms. The van der Waals surface area contributed by atoms with Crippen molar-refractivity contribution in [3.63, 3.8) is 0 Å². The largest absolute Gasteiger partial charge is 0.369 e. The fourth-order valence-corrected chi connectivity index (χ4v) is 0.856. The molecule has 82 valence electrons. The summed E-state index contributed by atoms with van der Waals surface area (Å²) in [6.45, 7) is 2.90. The van der Waals surface area contributed by atoms with Crippen LogP contribution in [0.25, 0.3) is 0 Å². The zero-order chi connectivity index (χ0) is 8.85. The number of rotatable bonds is 5. The molecule has 3 nitrogen and oxygen atoms in total. The Morgan fingerprint density at radius 2 is 1.85 bits per heavy atom. The summed E-state index contributed by atoms with van der Waals surface area (Å²) in [6, 6.07) is 0. The van der Waals surface area contributed by atoms with Crippen LogP contribution in [-0.4, -0.2) is 31.4 Å². The van der Waals surface area contributed by atoms with Gasteiger partial charge in [-0.15, -0.1) is 24.8 Å². The van der Waals surface area contributed by atoms with Gasteiger partial charge in [-0.05, 0) is 33.5 Å². The second-order valence-corrected chi connectivity index (χ2v) is 3.25. The van der Waals surface area contributed by atoms with Crippen LogP contribution in [-0.2, 0) is 4.79 Å². The first-order chi connectivity index (χ1) is 5.04. The Bertz CT molecular complexity index is 131. The summed E-state index contributed by atoms with van der Waals surface area (Å²) >= 11 is 0. The molecule has 13 heavy (non-hydrogen) atoms. The molecule has 1 amide bonds. The van der Waals surface area contributed by atoms with Gasteiger partial charge in [0, 0.05) is 5.92 Å². The molecule has 0 aliphatic heterocycles. The van der Waals surface area contributed by atoms with Crippen LogP contribution in [0.5, 0.6) is 0 Å². The van der Waals surface area contributed by atoms with Crippen molar-refractivity contribution in [1.29, 1.82) is 0 Å². The first kappa shape index (κ1) is 18.7. The second kappa shape index (κ2) is 10.1. The van der Waals surface area contributed by atoms with E-state index in [9.17, 15) is 4.79 Å². The number of carbonyl (C=O) groups is 1. The van der Waals surface area contributed by atoms with Crippen molar-refractivity contribution in [3.05, 3.63) is 0 Å². The molecule has 1 atom stereocenters. The molecule has 0 rings (SSSR count). The minimum absolute atomic E-state index is 0. The lowest BCUT2D eigenvalue weighted by Gasteiger charge is -2.10. The fourth-order valence-electron chi connectivity index (χ4n) is 0.856. The van der Waals surface area contributed by atoms with Crippen LogP contribution in [0.1, 0.15) is 19.8 Å². The van der Waals surface area contributed by atoms with Crippen LogP contribution in [0.15, 0.2) is 0 Å². The maximum Gasteiger partial charge on any atom is 0.220 e. The van der Waals surface area contributed by atoms with Gasteiger partial charge in [-0.25, -0.2) is 0 Å². The minimum Gasteiger partial charge on any atom is -0.369 e. The SMILES string of the molecule is CC(CCCN(C)C)C(N)=O.Cl.Cl. The van der Waals surface area contributed by atoms with Crippen molar-refractivity contribution < 1.29 is 4.79 Å². The van der Waals surface area contributed by atoms with Gasteiger partial charge in [-0.3, -0.25) is 4.79 Å². The molecule has 0 aliphatic rings. The topological polar surface area (TPSA) is 46.3 Å². The van der Waals surface area contributed by atoms with Gasteiger partial charge in [0.1, 0.15) is 0 Å². The lowest BCUT2D eigenvalue weighted by molar-refractivity contribution is -0.121. The molecule has 0 saturated heterocycles. The van der Waals surface area contributed by atoms with Crippen LogP contribution >= 0.6 is 24.8 Å². The maximum absolute atomic E-state index is 10.6. The third-order valence-electron chi connectivity index (χ3n) is 1.73. The van der Waals surface area contributed by atoms with Crippen molar-refractivity contribution in [2.45, 2.75) is 19.8 Å². The molecule has 0 bridgehead atoms. The van der Waals surface area contributed by atoms with Gasteiger partial charge in [0.25, 0.3) is 0 Å². The van der Waals surface area contributed by atoms with E-state index in [2.05, 4.69) is 4.90 Å². The number of carbonyl (C=O) groups excluding carboxylic acids is 1. The van der Waals surface area contributed by atoms with E-state index in [1.807, 2.05) is 21.0 Å². The van der Waals surface area contributed by atoms with Crippen molar-refractivity contribution in [1.82, 2.24) is 4.90 Å². The lowest BCUT2D eigenvalue weighted by Crippen LogP contribution is -2.22. The standard InChI is InChI=1S/C8H18N2O.2ClH/c1-7(8(9)11)5-4-6-10(2)3;;/h7H,4-6H2,1-3H3,(H2,9,11);2*1H. The van der Waals surface area contributed by atoms with E-state index < -0.39 is 0 Å². The highest BCUT2D eigenvalue weighted by Crippen LogP contribution is 2.03. The third kappa shape index (κ3) is 12.0. The molecular weight excluding hydrogens is 211 g/mol. The van der Waals surface area contributed by atoms with E-state index in [0.29, 0.717) is 0 Å². The molecule has 0 aliphatic carbocycles. The van der Waals surface area contributed by atoms with Crippen molar-refractivity contribution in [2.24, 2.45) is 11.7 Å². The van der Waals surface area contributed by atoms with Crippen molar-refractivity contribution >= 4 is 30.7 Å². The highest BCUT2D eigenvalue weighted by molar-refractivity contribution is 5.85. The highest BCUT2D eigenvalue weighted by atomic mass is 35.5. The van der Waals surface area contributed by atoms with Crippen molar-refractivity contribution in [3.8, 4) is 0 Å². The minimum atomic E-state index is -0.191. The van der Waals surface area contributed by atoms with Crippen LogP contribution in [0, 0.1) is 5.92 Å². The molecule has 0 aromatic rings. The number of amides is 1. The van der Waals surface area contributed by atoms with E-state index in [1.165, 1.54) is 0 Å². The predicted octanol–water partition coefficient (Wildman–Crippen LogP) is 1.29. The summed E-state index contributed by atoms with van der Waals surface area (Å²) in [5.41, 5.74) is 5.10. The Hall–Kier alpha value is 0.01000. The van der Waals surface area contributed by atoms with Gasteiger partial charge >= 0.3 is 0 Å². The zero-order valence-corrected chi connectivity index (χ0v) is 10.1. The smallest absolute Gasteiger partial charge is 0.220 e. The lowest BCUT2D eigenvalue weighted by atomic mass is 10.1. The van der Waals surface area contributed by atoms with Gasteiger partial charge in [-0.1, -0.05) is 6.92 Å².